The Bertz CT molecular complexity index is 553. The molecule has 1 saturated heterocycles. The maximum atomic E-state index is 6.08. The fourth-order valence-corrected chi connectivity index (χ4v) is 2.44. The van der Waals surface area contributed by atoms with Gasteiger partial charge in [0, 0.05) is 11.4 Å². The molecule has 2 N–H and O–H groups in total. The molecule has 1 fully saturated rings. The van der Waals surface area contributed by atoms with E-state index in [9.17, 15) is 0 Å². The Morgan fingerprint density at radius 3 is 2.33 bits per heavy atom. The van der Waals surface area contributed by atoms with E-state index in [2.05, 4.69) is 18.7 Å². The molecule has 0 radical (unpaired) electrons. The second-order valence-corrected chi connectivity index (χ2v) is 6.91. The number of anilines is 1. The van der Waals surface area contributed by atoms with E-state index in [1.54, 1.807) is 0 Å². The molecule has 0 atom stereocenters. The van der Waals surface area contributed by atoms with Gasteiger partial charge in [-0.15, -0.1) is 0 Å². The van der Waals surface area contributed by atoms with E-state index in [1.165, 1.54) is 5.56 Å². The minimum atomic E-state index is -0.382. The van der Waals surface area contributed by atoms with Gasteiger partial charge in [-0.05, 0) is 51.7 Å². The summed E-state index contributed by atoms with van der Waals surface area (Å²) in [7, 11) is -0.382. The van der Waals surface area contributed by atoms with Crippen LogP contribution in [-0.2, 0) is 9.31 Å². The molecule has 1 aliphatic heterocycles. The standard InChI is InChI=1S/C16H24BNO2S/c1-11-6-7-14(18)12(8-11)9-13(10-21)17-19-15(2,3)16(4,5)20-17/h6-9,21H,10,18H2,1-5H3. The molecule has 3 nitrogen and oxygen atoms in total. The zero-order valence-corrected chi connectivity index (χ0v) is 14.3. The molecular weight excluding hydrogens is 281 g/mol. The fourth-order valence-electron chi connectivity index (χ4n) is 2.20. The summed E-state index contributed by atoms with van der Waals surface area (Å²) in [5.74, 6) is 0.560. The van der Waals surface area contributed by atoms with Gasteiger partial charge in [-0.25, -0.2) is 0 Å². The summed E-state index contributed by atoms with van der Waals surface area (Å²) in [6, 6.07) is 5.98. The molecule has 1 aromatic carbocycles. The molecule has 0 bridgehead atoms. The first-order valence-electron chi connectivity index (χ1n) is 7.19. The molecule has 1 aliphatic rings. The van der Waals surface area contributed by atoms with Gasteiger partial charge in [0.05, 0.1) is 11.2 Å². The first-order chi connectivity index (χ1) is 9.66. The molecule has 21 heavy (non-hydrogen) atoms. The van der Waals surface area contributed by atoms with Gasteiger partial charge in [0.2, 0.25) is 0 Å². The smallest absolute Gasteiger partial charge is 0.400 e. The van der Waals surface area contributed by atoms with Crippen LogP contribution in [0.15, 0.2) is 23.7 Å². The number of nitrogen functional groups attached to an aromatic ring is 1. The SMILES string of the molecule is Cc1ccc(N)c(C=C(CS)B2OC(C)(C)C(C)(C)O2)c1. The van der Waals surface area contributed by atoms with Gasteiger partial charge in [0.15, 0.2) is 0 Å². The van der Waals surface area contributed by atoms with Gasteiger partial charge in [-0.3, -0.25) is 0 Å². The molecule has 1 aromatic rings. The summed E-state index contributed by atoms with van der Waals surface area (Å²) in [6.07, 6.45) is 2.03. The molecule has 2 rings (SSSR count). The van der Waals surface area contributed by atoms with Crippen molar-refractivity contribution in [3.63, 3.8) is 0 Å². The van der Waals surface area contributed by atoms with E-state index in [-0.39, 0.29) is 18.3 Å². The van der Waals surface area contributed by atoms with Crippen molar-refractivity contribution in [1.82, 2.24) is 0 Å². The number of benzene rings is 1. The minimum Gasteiger partial charge on any atom is -0.400 e. The summed E-state index contributed by atoms with van der Waals surface area (Å²) in [6.45, 7) is 10.2. The second-order valence-electron chi connectivity index (χ2n) is 6.60. The van der Waals surface area contributed by atoms with Crippen molar-refractivity contribution in [2.75, 3.05) is 11.5 Å². The number of thiol groups is 1. The van der Waals surface area contributed by atoms with Crippen LogP contribution in [0.3, 0.4) is 0 Å². The predicted octanol–water partition coefficient (Wildman–Crippen LogP) is 3.52. The Hall–Kier alpha value is -0.905. The first kappa shape index (κ1) is 16.5. The quantitative estimate of drug-likeness (QED) is 0.510. The van der Waals surface area contributed by atoms with E-state index >= 15 is 0 Å². The normalized spacial score (nSPS) is 20.9. The van der Waals surface area contributed by atoms with Crippen LogP contribution in [0.2, 0.25) is 0 Å². The van der Waals surface area contributed by atoms with E-state index < -0.39 is 0 Å². The largest absolute Gasteiger partial charge is 0.491 e. The Morgan fingerprint density at radius 2 is 1.81 bits per heavy atom. The molecule has 0 aliphatic carbocycles. The van der Waals surface area contributed by atoms with Crippen molar-refractivity contribution in [3.8, 4) is 0 Å². The third-order valence-corrected chi connectivity index (χ3v) is 4.69. The van der Waals surface area contributed by atoms with Crippen molar-refractivity contribution in [2.24, 2.45) is 0 Å². The van der Waals surface area contributed by atoms with Crippen LogP contribution >= 0.6 is 12.6 Å². The lowest BCUT2D eigenvalue weighted by Crippen LogP contribution is -2.41. The molecule has 1 heterocycles. The number of nitrogens with two attached hydrogens (primary N) is 1. The number of rotatable bonds is 3. The molecule has 0 unspecified atom stereocenters. The van der Waals surface area contributed by atoms with E-state index in [4.69, 9.17) is 15.0 Å². The Kier molecular flexibility index (Phi) is 4.48. The van der Waals surface area contributed by atoms with Crippen molar-refractivity contribution in [1.29, 1.82) is 0 Å². The zero-order valence-electron chi connectivity index (χ0n) is 13.4. The molecule has 0 saturated carbocycles. The highest BCUT2D eigenvalue weighted by molar-refractivity contribution is 7.80. The van der Waals surface area contributed by atoms with Gasteiger partial charge in [0.1, 0.15) is 0 Å². The summed E-state index contributed by atoms with van der Waals surface area (Å²) in [4.78, 5) is 0. The molecule has 0 amide bonds. The summed E-state index contributed by atoms with van der Waals surface area (Å²) in [5, 5.41) is 0. The highest BCUT2D eigenvalue weighted by atomic mass is 32.1. The number of hydrogen-bond donors (Lipinski definition) is 2. The maximum absolute atomic E-state index is 6.08. The van der Waals surface area contributed by atoms with E-state index in [0.717, 1.165) is 16.7 Å². The van der Waals surface area contributed by atoms with E-state index in [1.807, 2.05) is 52.8 Å². The zero-order chi connectivity index (χ0) is 15.8. The lowest BCUT2D eigenvalue weighted by molar-refractivity contribution is 0.00578. The van der Waals surface area contributed by atoms with Crippen molar-refractivity contribution < 1.29 is 9.31 Å². The van der Waals surface area contributed by atoms with Crippen LogP contribution in [0.5, 0.6) is 0 Å². The summed E-state index contributed by atoms with van der Waals surface area (Å²) < 4.78 is 12.2. The van der Waals surface area contributed by atoms with Gasteiger partial charge in [-0.1, -0.05) is 23.8 Å². The molecule has 0 aromatic heterocycles. The Morgan fingerprint density at radius 1 is 1.24 bits per heavy atom. The lowest BCUT2D eigenvalue weighted by Gasteiger charge is -2.32. The Labute approximate surface area is 133 Å². The number of hydrogen-bond acceptors (Lipinski definition) is 4. The highest BCUT2D eigenvalue weighted by Crippen LogP contribution is 2.39. The van der Waals surface area contributed by atoms with Crippen LogP contribution in [-0.4, -0.2) is 24.1 Å². The van der Waals surface area contributed by atoms with Crippen LogP contribution in [0.4, 0.5) is 5.69 Å². The van der Waals surface area contributed by atoms with Crippen LogP contribution in [0.25, 0.3) is 6.08 Å². The van der Waals surface area contributed by atoms with Crippen molar-refractivity contribution >= 4 is 31.5 Å². The lowest BCUT2D eigenvalue weighted by atomic mass is 9.78. The third-order valence-electron chi connectivity index (χ3n) is 4.32. The minimum absolute atomic E-state index is 0.349. The summed E-state index contributed by atoms with van der Waals surface area (Å²) >= 11 is 4.43. The van der Waals surface area contributed by atoms with Crippen molar-refractivity contribution in [2.45, 2.75) is 45.8 Å². The van der Waals surface area contributed by atoms with Crippen LogP contribution < -0.4 is 5.73 Å². The van der Waals surface area contributed by atoms with Gasteiger partial charge in [0.25, 0.3) is 0 Å². The average Bonchev–Trinajstić information content (AvgIpc) is 2.59. The van der Waals surface area contributed by atoms with Gasteiger partial charge >= 0.3 is 7.12 Å². The average molecular weight is 305 g/mol. The van der Waals surface area contributed by atoms with Gasteiger partial charge in [-0.2, -0.15) is 12.6 Å². The topological polar surface area (TPSA) is 44.5 Å². The molecule has 5 heteroatoms. The molecule has 0 spiro atoms. The Balaban J connectivity index is 2.33. The third kappa shape index (κ3) is 3.30. The fraction of sp³-hybridized carbons (Fsp3) is 0.500. The van der Waals surface area contributed by atoms with Crippen LogP contribution in [0, 0.1) is 6.92 Å². The summed E-state index contributed by atoms with van der Waals surface area (Å²) in [5.41, 5.74) is 9.22. The maximum Gasteiger partial charge on any atom is 0.491 e. The number of aryl methyl sites for hydroxylation is 1. The highest BCUT2D eigenvalue weighted by Gasteiger charge is 2.52. The van der Waals surface area contributed by atoms with E-state index in [0.29, 0.717) is 5.75 Å². The second kappa shape index (κ2) is 5.71. The van der Waals surface area contributed by atoms with Gasteiger partial charge < -0.3 is 15.0 Å². The monoisotopic (exact) mass is 305 g/mol. The first-order valence-corrected chi connectivity index (χ1v) is 7.82. The molecular formula is C16H24BNO2S. The molecule has 114 valence electrons. The van der Waals surface area contributed by atoms with Crippen molar-refractivity contribution in [3.05, 3.63) is 34.8 Å². The predicted molar refractivity (Wildman–Crippen MR) is 93.5 cm³/mol. The van der Waals surface area contributed by atoms with Crippen LogP contribution in [0.1, 0.15) is 38.8 Å².